The van der Waals surface area contributed by atoms with E-state index in [4.69, 9.17) is 4.74 Å². The van der Waals surface area contributed by atoms with Crippen LogP contribution in [0.3, 0.4) is 0 Å². The first-order valence-corrected chi connectivity index (χ1v) is 9.63. The van der Waals surface area contributed by atoms with Gasteiger partial charge >= 0.3 is 16.2 Å². The number of para-hydroxylation sites is 1. The predicted molar refractivity (Wildman–Crippen MR) is 102 cm³/mol. The summed E-state index contributed by atoms with van der Waals surface area (Å²) in [6.45, 7) is 7.21. The SMILES string of the molecule is CC(=O)Nc1nc2c(C(=O)OCC(C)(C)C)cccc2n1S(=O)(=O)N(C)C. The van der Waals surface area contributed by atoms with Crippen LogP contribution in [0.15, 0.2) is 18.2 Å². The Balaban J connectivity index is 2.66. The van der Waals surface area contributed by atoms with Crippen LogP contribution in [0.5, 0.6) is 0 Å². The molecule has 0 aliphatic heterocycles. The molecule has 1 amide bonds. The van der Waals surface area contributed by atoms with E-state index in [1.165, 1.54) is 39.2 Å². The third-order valence-electron chi connectivity index (χ3n) is 3.48. The van der Waals surface area contributed by atoms with Crippen molar-refractivity contribution in [2.75, 3.05) is 26.0 Å². The number of imidazole rings is 1. The van der Waals surface area contributed by atoms with E-state index in [1.807, 2.05) is 20.8 Å². The molecule has 1 aromatic heterocycles. The Labute approximate surface area is 158 Å². The van der Waals surface area contributed by atoms with Crippen LogP contribution in [0.25, 0.3) is 11.0 Å². The summed E-state index contributed by atoms with van der Waals surface area (Å²) in [5.74, 6) is -1.29. The Hall–Kier alpha value is -2.46. The van der Waals surface area contributed by atoms with Crippen molar-refractivity contribution in [3.8, 4) is 0 Å². The average molecular weight is 396 g/mol. The first kappa shape index (κ1) is 20.8. The van der Waals surface area contributed by atoms with Gasteiger partial charge in [0.25, 0.3) is 0 Å². The highest BCUT2D eigenvalue weighted by atomic mass is 32.2. The number of hydrogen-bond donors (Lipinski definition) is 1. The fourth-order valence-electron chi connectivity index (χ4n) is 2.24. The summed E-state index contributed by atoms with van der Waals surface area (Å²) in [5.41, 5.74) is 0.192. The Morgan fingerprint density at radius 1 is 1.26 bits per heavy atom. The number of esters is 1. The normalized spacial score (nSPS) is 12.4. The van der Waals surface area contributed by atoms with Crippen LogP contribution in [-0.4, -0.2) is 54.3 Å². The first-order chi connectivity index (χ1) is 12.3. The van der Waals surface area contributed by atoms with Crippen molar-refractivity contribution in [1.29, 1.82) is 0 Å². The van der Waals surface area contributed by atoms with Crippen molar-refractivity contribution in [2.24, 2.45) is 5.41 Å². The summed E-state index contributed by atoms with van der Waals surface area (Å²) in [7, 11) is -1.27. The molecule has 0 unspecified atom stereocenters. The number of rotatable bonds is 5. The number of fused-ring (bicyclic) bond motifs is 1. The van der Waals surface area contributed by atoms with Gasteiger partial charge in [-0.1, -0.05) is 26.8 Å². The van der Waals surface area contributed by atoms with Crippen LogP contribution in [0, 0.1) is 5.41 Å². The van der Waals surface area contributed by atoms with Gasteiger partial charge in [0.2, 0.25) is 11.9 Å². The van der Waals surface area contributed by atoms with E-state index in [0.717, 1.165) is 8.28 Å². The molecule has 0 bridgehead atoms. The molecule has 2 rings (SSSR count). The number of amides is 1. The first-order valence-electron chi connectivity index (χ1n) is 8.24. The molecule has 9 nitrogen and oxygen atoms in total. The van der Waals surface area contributed by atoms with Crippen LogP contribution in [0.4, 0.5) is 5.95 Å². The average Bonchev–Trinajstić information content (AvgIpc) is 2.89. The third kappa shape index (κ3) is 4.45. The van der Waals surface area contributed by atoms with E-state index in [-0.39, 0.29) is 34.6 Å². The number of carbonyl (C=O) groups excluding carboxylic acids is 2. The zero-order valence-corrected chi connectivity index (χ0v) is 17.0. The van der Waals surface area contributed by atoms with Gasteiger partial charge in [-0.25, -0.2) is 9.78 Å². The minimum absolute atomic E-state index is 0.121. The van der Waals surface area contributed by atoms with E-state index in [1.54, 1.807) is 0 Å². The molecule has 0 fully saturated rings. The van der Waals surface area contributed by atoms with E-state index < -0.39 is 22.1 Å². The summed E-state index contributed by atoms with van der Waals surface area (Å²) < 4.78 is 32.7. The van der Waals surface area contributed by atoms with Crippen molar-refractivity contribution in [3.05, 3.63) is 23.8 Å². The molecular weight excluding hydrogens is 372 g/mol. The fourth-order valence-corrected chi connectivity index (χ4v) is 3.26. The number of anilines is 1. The second-order valence-electron chi connectivity index (χ2n) is 7.48. The van der Waals surface area contributed by atoms with Crippen molar-refractivity contribution in [3.63, 3.8) is 0 Å². The summed E-state index contributed by atoms with van der Waals surface area (Å²) in [6, 6.07) is 4.55. The summed E-state index contributed by atoms with van der Waals surface area (Å²) in [6.07, 6.45) is 0. The number of nitrogens with zero attached hydrogens (tertiary/aromatic N) is 3. The molecule has 0 spiro atoms. The smallest absolute Gasteiger partial charge is 0.340 e. The van der Waals surface area contributed by atoms with Crippen molar-refractivity contribution < 1.29 is 22.7 Å². The lowest BCUT2D eigenvalue weighted by Gasteiger charge is -2.17. The van der Waals surface area contributed by atoms with Gasteiger partial charge in [-0.15, -0.1) is 0 Å². The van der Waals surface area contributed by atoms with Gasteiger partial charge in [0.05, 0.1) is 17.7 Å². The largest absolute Gasteiger partial charge is 0.461 e. The van der Waals surface area contributed by atoms with Gasteiger partial charge in [-0.2, -0.15) is 16.7 Å². The van der Waals surface area contributed by atoms with Crippen LogP contribution in [0.2, 0.25) is 0 Å². The number of nitrogens with one attached hydrogen (secondary N) is 1. The molecule has 10 heteroatoms. The zero-order chi connectivity index (χ0) is 20.6. The topological polar surface area (TPSA) is 111 Å². The highest BCUT2D eigenvalue weighted by molar-refractivity contribution is 7.87. The van der Waals surface area contributed by atoms with Crippen molar-refractivity contribution >= 4 is 39.1 Å². The highest BCUT2D eigenvalue weighted by Gasteiger charge is 2.27. The van der Waals surface area contributed by atoms with Crippen LogP contribution >= 0.6 is 0 Å². The van der Waals surface area contributed by atoms with E-state index in [9.17, 15) is 18.0 Å². The number of hydrogen-bond acceptors (Lipinski definition) is 6. The van der Waals surface area contributed by atoms with E-state index in [0.29, 0.717) is 0 Å². The summed E-state index contributed by atoms with van der Waals surface area (Å²) >= 11 is 0. The Morgan fingerprint density at radius 2 is 1.89 bits per heavy atom. The number of ether oxygens (including phenoxy) is 1. The summed E-state index contributed by atoms with van der Waals surface area (Å²) in [4.78, 5) is 28.2. The molecule has 1 heterocycles. The van der Waals surface area contributed by atoms with Crippen molar-refractivity contribution in [2.45, 2.75) is 27.7 Å². The molecule has 0 saturated carbocycles. The lowest BCUT2D eigenvalue weighted by Crippen LogP contribution is -2.30. The zero-order valence-electron chi connectivity index (χ0n) is 16.2. The third-order valence-corrected chi connectivity index (χ3v) is 5.23. The van der Waals surface area contributed by atoms with Gasteiger partial charge in [-0.3, -0.25) is 10.1 Å². The van der Waals surface area contributed by atoms with E-state index >= 15 is 0 Å². The number of aromatic nitrogens is 2. The second-order valence-corrected chi connectivity index (χ2v) is 9.47. The molecule has 0 atom stereocenters. The molecule has 0 aliphatic rings. The monoisotopic (exact) mass is 396 g/mol. The lowest BCUT2D eigenvalue weighted by molar-refractivity contribution is -0.114. The van der Waals surface area contributed by atoms with Gasteiger partial charge in [-0.05, 0) is 17.5 Å². The van der Waals surface area contributed by atoms with E-state index in [2.05, 4.69) is 10.3 Å². The summed E-state index contributed by atoms with van der Waals surface area (Å²) in [5, 5.41) is 2.40. The maximum atomic E-state index is 12.7. The van der Waals surface area contributed by atoms with Crippen LogP contribution in [-0.2, 0) is 19.7 Å². The fraction of sp³-hybridized carbons (Fsp3) is 0.471. The molecule has 1 N–H and O–H groups in total. The van der Waals surface area contributed by atoms with Crippen molar-refractivity contribution in [1.82, 2.24) is 13.3 Å². The Morgan fingerprint density at radius 3 is 2.41 bits per heavy atom. The minimum Gasteiger partial charge on any atom is -0.461 e. The maximum Gasteiger partial charge on any atom is 0.340 e. The maximum absolute atomic E-state index is 12.7. The quantitative estimate of drug-likeness (QED) is 0.772. The predicted octanol–water partition coefficient (Wildman–Crippen LogP) is 1.85. The number of benzene rings is 1. The van der Waals surface area contributed by atoms with Crippen LogP contribution < -0.4 is 5.32 Å². The molecule has 148 valence electrons. The minimum atomic E-state index is -3.99. The Kier molecular flexibility index (Phi) is 5.62. The molecule has 0 radical (unpaired) electrons. The molecule has 1 aromatic carbocycles. The lowest BCUT2D eigenvalue weighted by atomic mass is 9.99. The van der Waals surface area contributed by atoms with Gasteiger partial charge in [0.15, 0.2) is 0 Å². The number of carbonyl (C=O) groups is 2. The van der Waals surface area contributed by atoms with Gasteiger partial charge in [0, 0.05) is 21.0 Å². The standard InChI is InChI=1S/C17H24N4O5S/c1-11(22)18-16-19-14-12(15(23)26-10-17(2,3)4)8-7-9-13(14)21(16)27(24,25)20(5)6/h7-9H,10H2,1-6H3,(H,18,19,22). The second kappa shape index (κ2) is 7.28. The van der Waals surface area contributed by atoms with Gasteiger partial charge < -0.3 is 4.74 Å². The molecule has 0 saturated heterocycles. The Bertz CT molecular complexity index is 987. The molecule has 27 heavy (non-hydrogen) atoms. The molecular formula is C17H24N4O5S. The van der Waals surface area contributed by atoms with Gasteiger partial charge in [0.1, 0.15) is 5.52 Å². The van der Waals surface area contributed by atoms with Crippen LogP contribution in [0.1, 0.15) is 38.1 Å². The molecule has 2 aromatic rings. The molecule has 0 aliphatic carbocycles. The highest BCUT2D eigenvalue weighted by Crippen LogP contribution is 2.27.